The fraction of sp³-hybridized carbons (Fsp3) is 0.350. The molecular formula is C20H25N5O3S. The van der Waals surface area contributed by atoms with Gasteiger partial charge in [-0.2, -0.15) is 4.98 Å². The normalized spacial score (nSPS) is 11.8. The Balaban J connectivity index is 2.02. The van der Waals surface area contributed by atoms with E-state index in [0.717, 1.165) is 30.0 Å². The van der Waals surface area contributed by atoms with Gasteiger partial charge in [0.25, 0.3) is 5.56 Å². The Morgan fingerprint density at radius 2 is 1.86 bits per heavy atom. The molecule has 9 heteroatoms. The molecule has 8 nitrogen and oxygen atoms in total. The first kappa shape index (κ1) is 20.8. The van der Waals surface area contributed by atoms with Gasteiger partial charge < -0.3 is 5.32 Å². The first-order valence-electron chi connectivity index (χ1n) is 9.45. The number of aryl methyl sites for hydroxylation is 1. The van der Waals surface area contributed by atoms with Gasteiger partial charge in [0.15, 0.2) is 0 Å². The fourth-order valence-electron chi connectivity index (χ4n) is 3.24. The second-order valence-corrected chi connectivity index (χ2v) is 8.76. The van der Waals surface area contributed by atoms with E-state index in [4.69, 9.17) is 0 Å². The lowest BCUT2D eigenvalue weighted by atomic mass is 10.1. The highest BCUT2D eigenvalue weighted by Gasteiger charge is 2.14. The van der Waals surface area contributed by atoms with E-state index < -0.39 is 10.0 Å². The summed E-state index contributed by atoms with van der Waals surface area (Å²) < 4.78 is 27.4. The molecule has 3 aromatic rings. The van der Waals surface area contributed by atoms with E-state index in [2.05, 4.69) is 20.0 Å². The summed E-state index contributed by atoms with van der Waals surface area (Å²) in [6.07, 6.45) is 4.42. The Labute approximate surface area is 170 Å². The Morgan fingerprint density at radius 1 is 1.14 bits per heavy atom. The number of aromatic nitrogens is 3. The average Bonchev–Trinajstić information content (AvgIpc) is 2.66. The number of fused-ring (bicyclic) bond motifs is 1. The average molecular weight is 416 g/mol. The molecule has 0 saturated carbocycles. The maximum absolute atomic E-state index is 12.5. The van der Waals surface area contributed by atoms with Crippen LogP contribution in [-0.4, -0.2) is 29.2 Å². The highest BCUT2D eigenvalue weighted by Crippen LogP contribution is 2.24. The van der Waals surface area contributed by atoms with Gasteiger partial charge in [-0.05, 0) is 43.5 Å². The number of hydrogen-bond acceptors (Lipinski definition) is 6. The topological polar surface area (TPSA) is 106 Å². The van der Waals surface area contributed by atoms with E-state index in [0.29, 0.717) is 23.0 Å². The van der Waals surface area contributed by atoms with Crippen LogP contribution < -0.4 is 15.6 Å². The molecule has 0 spiro atoms. The standard InChI is InChI=1S/C20H25N5O3S/c1-5-16(6-2)25-18(26)10-8-14-12-21-20(23-19(14)25)22-15-9-7-13(3)17(11-15)24-29(4,27)28/h7-12,16,24H,5-6H2,1-4H3,(H,21,22,23). The zero-order chi connectivity index (χ0) is 21.2. The Morgan fingerprint density at radius 3 is 2.52 bits per heavy atom. The third-order valence-electron chi connectivity index (χ3n) is 4.76. The van der Waals surface area contributed by atoms with Crippen molar-refractivity contribution in [1.82, 2.24) is 14.5 Å². The summed E-state index contributed by atoms with van der Waals surface area (Å²) in [5.74, 6) is 0.331. The monoisotopic (exact) mass is 415 g/mol. The smallest absolute Gasteiger partial charge is 0.252 e. The molecule has 0 fully saturated rings. The molecule has 0 aliphatic carbocycles. The Bertz CT molecular complexity index is 1200. The number of anilines is 3. The summed E-state index contributed by atoms with van der Waals surface area (Å²) in [6, 6.07) is 8.62. The second kappa shape index (κ2) is 8.20. The first-order chi connectivity index (χ1) is 13.7. The van der Waals surface area contributed by atoms with Gasteiger partial charge in [-0.25, -0.2) is 13.4 Å². The van der Waals surface area contributed by atoms with E-state index in [1.165, 1.54) is 0 Å². The molecule has 0 unspecified atom stereocenters. The van der Waals surface area contributed by atoms with Crippen molar-refractivity contribution < 1.29 is 8.42 Å². The summed E-state index contributed by atoms with van der Waals surface area (Å²) in [5, 5.41) is 3.88. The fourth-order valence-corrected chi connectivity index (χ4v) is 3.86. The predicted octanol–water partition coefficient (Wildman–Crippen LogP) is 3.58. The maximum Gasteiger partial charge on any atom is 0.252 e. The van der Waals surface area contributed by atoms with Crippen LogP contribution in [0, 0.1) is 6.92 Å². The molecule has 3 rings (SSSR count). The minimum absolute atomic E-state index is 0.0545. The highest BCUT2D eigenvalue weighted by atomic mass is 32.2. The van der Waals surface area contributed by atoms with Crippen LogP contribution in [0.25, 0.3) is 11.0 Å². The molecule has 0 radical (unpaired) electrons. The number of rotatable bonds is 7. The first-order valence-corrected chi connectivity index (χ1v) is 11.3. The van der Waals surface area contributed by atoms with Crippen molar-refractivity contribution in [1.29, 1.82) is 0 Å². The van der Waals surface area contributed by atoms with Crippen molar-refractivity contribution in [2.24, 2.45) is 0 Å². The van der Waals surface area contributed by atoms with Gasteiger partial charge in [0, 0.05) is 29.4 Å². The lowest BCUT2D eigenvalue weighted by molar-refractivity contribution is 0.470. The maximum atomic E-state index is 12.5. The molecule has 1 aromatic carbocycles. The van der Waals surface area contributed by atoms with E-state index >= 15 is 0 Å². The summed E-state index contributed by atoms with van der Waals surface area (Å²) in [4.78, 5) is 21.4. The molecular weight excluding hydrogens is 390 g/mol. The summed E-state index contributed by atoms with van der Waals surface area (Å²) in [6.45, 7) is 5.91. The molecule has 0 aliphatic rings. The highest BCUT2D eigenvalue weighted by molar-refractivity contribution is 7.92. The van der Waals surface area contributed by atoms with Crippen molar-refractivity contribution in [3.63, 3.8) is 0 Å². The van der Waals surface area contributed by atoms with Gasteiger partial charge in [-0.15, -0.1) is 0 Å². The summed E-state index contributed by atoms with van der Waals surface area (Å²) >= 11 is 0. The van der Waals surface area contributed by atoms with Crippen LogP contribution >= 0.6 is 0 Å². The molecule has 154 valence electrons. The van der Waals surface area contributed by atoms with Gasteiger partial charge in [-0.3, -0.25) is 14.1 Å². The van der Waals surface area contributed by atoms with E-state index in [9.17, 15) is 13.2 Å². The van der Waals surface area contributed by atoms with Crippen molar-refractivity contribution in [3.05, 3.63) is 52.4 Å². The largest absolute Gasteiger partial charge is 0.324 e. The minimum atomic E-state index is -3.39. The minimum Gasteiger partial charge on any atom is -0.324 e. The molecule has 0 amide bonds. The van der Waals surface area contributed by atoms with Gasteiger partial charge in [0.1, 0.15) is 5.65 Å². The van der Waals surface area contributed by atoms with Gasteiger partial charge in [0.05, 0.1) is 11.9 Å². The lowest BCUT2D eigenvalue weighted by Crippen LogP contribution is -2.24. The van der Waals surface area contributed by atoms with Crippen LogP contribution in [0.4, 0.5) is 17.3 Å². The summed E-state index contributed by atoms with van der Waals surface area (Å²) in [5.41, 5.74) is 2.39. The SMILES string of the molecule is CCC(CC)n1c(=O)ccc2cnc(Nc3ccc(C)c(NS(C)(=O)=O)c3)nc21. The van der Waals surface area contributed by atoms with Crippen LogP contribution in [0.1, 0.15) is 38.3 Å². The molecule has 0 saturated heterocycles. The van der Waals surface area contributed by atoms with Crippen LogP contribution in [-0.2, 0) is 10.0 Å². The Hall–Kier alpha value is -2.94. The number of nitrogens with zero attached hydrogens (tertiary/aromatic N) is 3. The van der Waals surface area contributed by atoms with E-state index in [-0.39, 0.29) is 11.6 Å². The lowest BCUT2D eigenvalue weighted by Gasteiger charge is -2.18. The van der Waals surface area contributed by atoms with E-state index in [1.807, 2.05) is 26.8 Å². The molecule has 0 aliphatic heterocycles. The van der Waals surface area contributed by atoms with Crippen LogP contribution in [0.3, 0.4) is 0 Å². The number of nitrogens with one attached hydrogen (secondary N) is 2. The molecule has 29 heavy (non-hydrogen) atoms. The number of pyridine rings is 1. The van der Waals surface area contributed by atoms with Crippen molar-refractivity contribution in [3.8, 4) is 0 Å². The van der Waals surface area contributed by atoms with Crippen molar-refractivity contribution in [2.45, 2.75) is 39.7 Å². The van der Waals surface area contributed by atoms with Gasteiger partial charge in [-0.1, -0.05) is 19.9 Å². The third kappa shape index (κ3) is 4.73. The number of hydrogen-bond donors (Lipinski definition) is 2. The number of benzene rings is 1. The van der Waals surface area contributed by atoms with Crippen molar-refractivity contribution >= 4 is 38.4 Å². The Kier molecular flexibility index (Phi) is 5.88. The summed E-state index contributed by atoms with van der Waals surface area (Å²) in [7, 11) is -3.39. The zero-order valence-corrected chi connectivity index (χ0v) is 17.7. The van der Waals surface area contributed by atoms with Crippen LogP contribution in [0.15, 0.2) is 41.3 Å². The zero-order valence-electron chi connectivity index (χ0n) is 16.9. The second-order valence-electron chi connectivity index (χ2n) is 7.01. The van der Waals surface area contributed by atoms with Gasteiger partial charge >= 0.3 is 0 Å². The molecule has 0 bridgehead atoms. The number of sulfonamides is 1. The van der Waals surface area contributed by atoms with E-state index in [1.54, 1.807) is 35.0 Å². The molecule has 2 N–H and O–H groups in total. The van der Waals surface area contributed by atoms with Crippen LogP contribution in [0.2, 0.25) is 0 Å². The van der Waals surface area contributed by atoms with Crippen molar-refractivity contribution in [2.75, 3.05) is 16.3 Å². The predicted molar refractivity (Wildman–Crippen MR) is 116 cm³/mol. The molecule has 0 atom stereocenters. The third-order valence-corrected chi connectivity index (χ3v) is 5.35. The molecule has 2 heterocycles. The van der Waals surface area contributed by atoms with Gasteiger partial charge in [0.2, 0.25) is 16.0 Å². The quantitative estimate of drug-likeness (QED) is 0.611. The molecule has 2 aromatic heterocycles. The van der Waals surface area contributed by atoms with Crippen LogP contribution in [0.5, 0.6) is 0 Å².